The minimum absolute atomic E-state index is 0.122. The molecule has 8 heteroatoms. The van der Waals surface area contributed by atoms with E-state index in [0.717, 1.165) is 47.4 Å². The molecule has 0 unspecified atom stereocenters. The molecular formula is C23H27BrN4O3. The standard InChI is InChI=1S/C23H27BrN4O3/c1-3-30-19-13-17(18(24)15-20(19)31-4-2)14-22(29)27-11-8-16(9-12-27)23-26-25-21-7-5-6-10-28(21)23/h5-7,10,13,15-16H,3-4,8-9,11-12,14H2,1-2H3. The number of nitrogens with zero attached hydrogens (tertiary/aromatic N) is 4. The Morgan fingerprint density at radius 2 is 1.81 bits per heavy atom. The summed E-state index contributed by atoms with van der Waals surface area (Å²) in [6, 6.07) is 9.71. The van der Waals surface area contributed by atoms with E-state index in [4.69, 9.17) is 9.47 Å². The van der Waals surface area contributed by atoms with E-state index in [1.165, 1.54) is 0 Å². The van der Waals surface area contributed by atoms with Crippen LogP contribution >= 0.6 is 15.9 Å². The minimum Gasteiger partial charge on any atom is -0.490 e. The molecule has 1 aliphatic rings. The van der Waals surface area contributed by atoms with Gasteiger partial charge in [0.25, 0.3) is 0 Å². The number of pyridine rings is 1. The van der Waals surface area contributed by atoms with E-state index < -0.39 is 0 Å². The highest BCUT2D eigenvalue weighted by Gasteiger charge is 2.27. The van der Waals surface area contributed by atoms with Crippen LogP contribution in [0.2, 0.25) is 0 Å². The molecule has 0 aliphatic carbocycles. The highest BCUT2D eigenvalue weighted by molar-refractivity contribution is 9.10. The number of amides is 1. The molecule has 0 spiro atoms. The molecule has 1 aliphatic heterocycles. The Morgan fingerprint density at radius 1 is 1.10 bits per heavy atom. The first kappa shape index (κ1) is 21.6. The summed E-state index contributed by atoms with van der Waals surface area (Å²) in [5, 5.41) is 8.66. The summed E-state index contributed by atoms with van der Waals surface area (Å²) in [5.41, 5.74) is 1.77. The van der Waals surface area contributed by atoms with Gasteiger partial charge in [0, 0.05) is 29.7 Å². The van der Waals surface area contributed by atoms with E-state index >= 15 is 0 Å². The van der Waals surface area contributed by atoms with Crippen LogP contribution in [0.5, 0.6) is 11.5 Å². The number of halogens is 1. The van der Waals surface area contributed by atoms with Crippen molar-refractivity contribution in [3.05, 3.63) is 52.4 Å². The number of carbonyl (C=O) groups excluding carboxylic acids is 1. The normalized spacial score (nSPS) is 14.7. The summed E-state index contributed by atoms with van der Waals surface area (Å²) in [7, 11) is 0. The van der Waals surface area contributed by atoms with Gasteiger partial charge in [0.2, 0.25) is 5.91 Å². The fourth-order valence-corrected chi connectivity index (χ4v) is 4.51. The maximum Gasteiger partial charge on any atom is 0.227 e. The van der Waals surface area contributed by atoms with Crippen molar-refractivity contribution >= 4 is 27.5 Å². The van der Waals surface area contributed by atoms with Gasteiger partial charge >= 0.3 is 0 Å². The summed E-state index contributed by atoms with van der Waals surface area (Å²) in [6.45, 7) is 6.41. The Kier molecular flexibility index (Phi) is 6.75. The molecule has 1 fully saturated rings. The number of piperidine rings is 1. The molecule has 0 N–H and O–H groups in total. The average Bonchev–Trinajstić information content (AvgIpc) is 3.21. The lowest BCUT2D eigenvalue weighted by molar-refractivity contribution is -0.131. The van der Waals surface area contributed by atoms with E-state index in [-0.39, 0.29) is 5.91 Å². The maximum absolute atomic E-state index is 13.0. The highest BCUT2D eigenvalue weighted by atomic mass is 79.9. The number of hydrogen-bond acceptors (Lipinski definition) is 5. The van der Waals surface area contributed by atoms with Crippen LogP contribution in [-0.2, 0) is 11.2 Å². The van der Waals surface area contributed by atoms with Crippen molar-refractivity contribution in [1.29, 1.82) is 0 Å². The van der Waals surface area contributed by atoms with Gasteiger partial charge in [-0.25, -0.2) is 0 Å². The Hall–Kier alpha value is -2.61. The number of carbonyl (C=O) groups is 1. The molecule has 7 nitrogen and oxygen atoms in total. The quantitative estimate of drug-likeness (QED) is 0.499. The number of hydrogen-bond donors (Lipinski definition) is 0. The summed E-state index contributed by atoms with van der Waals surface area (Å²) in [4.78, 5) is 15.0. The van der Waals surface area contributed by atoms with Gasteiger partial charge in [-0.2, -0.15) is 0 Å². The van der Waals surface area contributed by atoms with Gasteiger partial charge < -0.3 is 14.4 Å². The van der Waals surface area contributed by atoms with Gasteiger partial charge in [0.15, 0.2) is 17.1 Å². The van der Waals surface area contributed by atoms with Crippen molar-refractivity contribution in [3.8, 4) is 11.5 Å². The van der Waals surface area contributed by atoms with E-state index in [2.05, 4.69) is 30.5 Å². The van der Waals surface area contributed by atoms with Crippen LogP contribution in [0.25, 0.3) is 5.65 Å². The number of benzene rings is 1. The van der Waals surface area contributed by atoms with Crippen LogP contribution in [0.1, 0.15) is 44.0 Å². The first-order valence-corrected chi connectivity index (χ1v) is 11.6. The van der Waals surface area contributed by atoms with Crippen molar-refractivity contribution in [1.82, 2.24) is 19.5 Å². The molecule has 0 atom stereocenters. The number of rotatable bonds is 7. The molecule has 2 aromatic heterocycles. The molecule has 164 valence electrons. The monoisotopic (exact) mass is 486 g/mol. The van der Waals surface area contributed by atoms with Crippen molar-refractivity contribution < 1.29 is 14.3 Å². The van der Waals surface area contributed by atoms with Gasteiger partial charge in [0.1, 0.15) is 5.82 Å². The molecule has 31 heavy (non-hydrogen) atoms. The molecule has 1 aromatic carbocycles. The van der Waals surface area contributed by atoms with Crippen LogP contribution in [0.3, 0.4) is 0 Å². The molecule has 1 saturated heterocycles. The largest absolute Gasteiger partial charge is 0.490 e. The molecule has 3 heterocycles. The second-order valence-electron chi connectivity index (χ2n) is 7.58. The second-order valence-corrected chi connectivity index (χ2v) is 8.43. The van der Waals surface area contributed by atoms with Gasteiger partial charge in [-0.1, -0.05) is 22.0 Å². The van der Waals surface area contributed by atoms with Crippen molar-refractivity contribution in [2.75, 3.05) is 26.3 Å². The third kappa shape index (κ3) is 4.69. The van der Waals surface area contributed by atoms with Gasteiger partial charge in [-0.15, -0.1) is 10.2 Å². The van der Waals surface area contributed by atoms with Gasteiger partial charge in [-0.05, 0) is 56.5 Å². The second kappa shape index (κ2) is 9.68. The molecule has 3 aromatic rings. The minimum atomic E-state index is 0.122. The lowest BCUT2D eigenvalue weighted by Crippen LogP contribution is -2.39. The third-order valence-electron chi connectivity index (χ3n) is 5.61. The zero-order valence-corrected chi connectivity index (χ0v) is 19.5. The van der Waals surface area contributed by atoms with E-state index in [1.54, 1.807) is 0 Å². The van der Waals surface area contributed by atoms with Crippen LogP contribution < -0.4 is 9.47 Å². The highest BCUT2D eigenvalue weighted by Crippen LogP contribution is 2.35. The van der Waals surface area contributed by atoms with Crippen molar-refractivity contribution in [2.45, 2.75) is 39.0 Å². The van der Waals surface area contributed by atoms with Crippen LogP contribution in [0, 0.1) is 0 Å². The maximum atomic E-state index is 13.0. The summed E-state index contributed by atoms with van der Waals surface area (Å²) in [6.07, 6.45) is 4.10. The predicted molar refractivity (Wildman–Crippen MR) is 122 cm³/mol. The predicted octanol–water partition coefficient (Wildman–Crippen LogP) is 4.24. The SMILES string of the molecule is CCOc1cc(Br)c(CC(=O)N2CCC(c3nnc4ccccn34)CC2)cc1OCC. The smallest absolute Gasteiger partial charge is 0.227 e. The lowest BCUT2D eigenvalue weighted by atomic mass is 9.95. The van der Waals surface area contributed by atoms with Gasteiger partial charge in [-0.3, -0.25) is 9.20 Å². The Labute approximate surface area is 190 Å². The molecule has 0 bridgehead atoms. The lowest BCUT2D eigenvalue weighted by Gasteiger charge is -2.31. The van der Waals surface area contributed by atoms with Gasteiger partial charge in [0.05, 0.1) is 19.6 Å². The first-order chi connectivity index (χ1) is 15.1. The van der Waals surface area contributed by atoms with Crippen molar-refractivity contribution in [2.24, 2.45) is 0 Å². The fraction of sp³-hybridized carbons (Fsp3) is 0.435. The number of likely N-dealkylation sites (tertiary alicyclic amines) is 1. The third-order valence-corrected chi connectivity index (χ3v) is 6.35. The molecule has 0 saturated carbocycles. The Bertz CT molecular complexity index is 1060. The number of fused-ring (bicyclic) bond motifs is 1. The zero-order chi connectivity index (χ0) is 21.8. The van der Waals surface area contributed by atoms with Crippen LogP contribution in [0.15, 0.2) is 41.0 Å². The van der Waals surface area contributed by atoms with Crippen molar-refractivity contribution in [3.63, 3.8) is 0 Å². The zero-order valence-electron chi connectivity index (χ0n) is 17.9. The summed E-state index contributed by atoms with van der Waals surface area (Å²) in [5.74, 6) is 2.78. The van der Waals surface area contributed by atoms with E-state index in [0.29, 0.717) is 37.1 Å². The molecule has 0 radical (unpaired) electrons. The Balaban J connectivity index is 1.41. The summed E-state index contributed by atoms with van der Waals surface area (Å²) >= 11 is 3.59. The van der Waals surface area contributed by atoms with Crippen LogP contribution in [0.4, 0.5) is 0 Å². The fourth-order valence-electron chi connectivity index (χ4n) is 4.05. The Morgan fingerprint density at radius 3 is 2.52 bits per heavy atom. The number of ether oxygens (including phenoxy) is 2. The first-order valence-electron chi connectivity index (χ1n) is 10.8. The van der Waals surface area contributed by atoms with Crippen LogP contribution in [-0.4, -0.2) is 51.7 Å². The van der Waals surface area contributed by atoms with E-state index in [9.17, 15) is 4.79 Å². The molecule has 4 rings (SSSR count). The topological polar surface area (TPSA) is 69.0 Å². The summed E-state index contributed by atoms with van der Waals surface area (Å²) < 4.78 is 14.3. The average molecular weight is 487 g/mol. The molecule has 1 amide bonds. The molecular weight excluding hydrogens is 460 g/mol. The number of aromatic nitrogens is 3. The van der Waals surface area contributed by atoms with E-state index in [1.807, 2.05) is 55.3 Å².